The van der Waals surface area contributed by atoms with E-state index in [4.69, 9.17) is 13.9 Å². The Morgan fingerprint density at radius 1 is 1.09 bits per heavy atom. The van der Waals surface area contributed by atoms with Crippen molar-refractivity contribution in [1.82, 2.24) is 10.6 Å². The van der Waals surface area contributed by atoms with E-state index in [9.17, 15) is 19.5 Å². The van der Waals surface area contributed by atoms with Crippen molar-refractivity contribution in [2.24, 2.45) is 0 Å². The highest BCUT2D eigenvalue weighted by molar-refractivity contribution is 6.74. The fourth-order valence-corrected chi connectivity index (χ4v) is 3.66. The average Bonchev–Trinajstić information content (AvgIpc) is 2.74. The molecule has 1 aromatic rings. The third kappa shape index (κ3) is 9.53. The fraction of sp³-hybridized carbons (Fsp3) is 0.609. The lowest BCUT2D eigenvalue weighted by Crippen LogP contribution is -2.56. The molecule has 0 bridgehead atoms. The van der Waals surface area contributed by atoms with Crippen LogP contribution in [0.15, 0.2) is 30.3 Å². The van der Waals surface area contributed by atoms with E-state index in [1.807, 2.05) is 18.2 Å². The minimum absolute atomic E-state index is 0.00153. The smallest absolute Gasteiger partial charge is 0.408 e. The second-order valence-electron chi connectivity index (χ2n) is 9.41. The zero-order valence-corrected chi connectivity index (χ0v) is 21.6. The molecule has 0 aliphatic heterocycles. The highest BCUT2D eigenvalue weighted by Crippen LogP contribution is 2.36. The van der Waals surface area contributed by atoms with Gasteiger partial charge in [-0.15, -0.1) is 0 Å². The van der Waals surface area contributed by atoms with E-state index in [-0.39, 0.29) is 24.7 Å². The summed E-state index contributed by atoms with van der Waals surface area (Å²) in [6, 6.07) is 6.73. The number of aliphatic hydroxyl groups is 1. The Bertz CT molecular complexity index is 779. The predicted molar refractivity (Wildman–Crippen MR) is 127 cm³/mol. The van der Waals surface area contributed by atoms with Gasteiger partial charge in [0.2, 0.25) is 5.91 Å². The van der Waals surface area contributed by atoms with Gasteiger partial charge in [0, 0.05) is 13.0 Å². The lowest BCUT2D eigenvalue weighted by molar-refractivity contribution is -0.146. The number of carbonyl (C=O) groups excluding carboxylic acids is 3. The van der Waals surface area contributed by atoms with Gasteiger partial charge >= 0.3 is 12.1 Å². The summed E-state index contributed by atoms with van der Waals surface area (Å²) in [5.41, 5.74) is 0.776. The highest BCUT2D eigenvalue weighted by Gasteiger charge is 2.37. The molecular formula is C23H38N2O7Si. The zero-order chi connectivity index (χ0) is 25.2. The van der Waals surface area contributed by atoms with E-state index in [2.05, 4.69) is 44.5 Å². The molecule has 33 heavy (non-hydrogen) atoms. The standard InChI is InChI=1S/C23H38N2O7Si/c1-16(26)19(25-22(29)31-15-17-11-9-8-10-12-17)20(27)24-18(21(28)30-5)13-14-32-33(6,7)23(2,3)4/h8-12,16,18-19,26H,13-15H2,1-7H3,(H,24,27)(H,25,29)/t16-,18+,19+/m1/s1. The van der Waals surface area contributed by atoms with Crippen LogP contribution in [0.1, 0.15) is 39.7 Å². The van der Waals surface area contributed by atoms with Crippen LogP contribution in [0, 0.1) is 0 Å². The maximum Gasteiger partial charge on any atom is 0.408 e. The summed E-state index contributed by atoms with van der Waals surface area (Å²) in [7, 11) is -0.810. The topological polar surface area (TPSA) is 123 Å². The molecule has 1 rings (SSSR count). The Labute approximate surface area is 197 Å². The Kier molecular flexibility index (Phi) is 11.0. The molecule has 0 saturated carbocycles. The molecule has 0 unspecified atom stereocenters. The average molecular weight is 483 g/mol. The summed E-state index contributed by atoms with van der Waals surface area (Å²) in [4.78, 5) is 37.1. The molecule has 0 aliphatic carbocycles. The van der Waals surface area contributed by atoms with Crippen LogP contribution in [0.25, 0.3) is 0 Å². The molecule has 0 aromatic heterocycles. The van der Waals surface area contributed by atoms with E-state index >= 15 is 0 Å². The van der Waals surface area contributed by atoms with Gasteiger partial charge in [-0.1, -0.05) is 51.1 Å². The molecule has 1 aromatic carbocycles. The molecule has 0 heterocycles. The Morgan fingerprint density at radius 2 is 1.70 bits per heavy atom. The van der Waals surface area contributed by atoms with Crippen LogP contribution in [0.2, 0.25) is 18.1 Å². The molecule has 3 N–H and O–H groups in total. The van der Waals surface area contributed by atoms with E-state index in [0.717, 1.165) is 5.56 Å². The number of nitrogens with one attached hydrogen (secondary N) is 2. The number of carbonyl (C=O) groups is 3. The minimum Gasteiger partial charge on any atom is -0.467 e. The number of hydrogen-bond donors (Lipinski definition) is 3. The number of esters is 1. The fourth-order valence-electron chi connectivity index (χ4n) is 2.60. The predicted octanol–water partition coefficient (Wildman–Crippen LogP) is 2.73. The summed E-state index contributed by atoms with van der Waals surface area (Å²) in [5.74, 6) is -1.37. The SMILES string of the molecule is COC(=O)[C@H](CCO[Si](C)(C)C(C)(C)C)NC(=O)[C@@H](NC(=O)OCc1ccccc1)[C@@H](C)O. The summed E-state index contributed by atoms with van der Waals surface area (Å²) in [5, 5.41) is 14.9. The Hall–Kier alpha value is -2.43. The van der Waals surface area contributed by atoms with Crippen molar-refractivity contribution in [3.8, 4) is 0 Å². The van der Waals surface area contributed by atoms with Crippen molar-refractivity contribution in [3.05, 3.63) is 35.9 Å². The molecule has 0 aliphatic rings. The van der Waals surface area contributed by atoms with Gasteiger partial charge in [0.25, 0.3) is 0 Å². The monoisotopic (exact) mass is 482 g/mol. The number of rotatable bonds is 11. The minimum atomic E-state index is -2.03. The molecule has 186 valence electrons. The quantitative estimate of drug-likeness (QED) is 0.327. The van der Waals surface area contributed by atoms with Crippen molar-refractivity contribution >= 4 is 26.3 Å². The van der Waals surface area contributed by atoms with Gasteiger partial charge in [-0.3, -0.25) is 4.79 Å². The molecule has 2 amide bonds. The maximum atomic E-state index is 12.8. The van der Waals surface area contributed by atoms with Crippen molar-refractivity contribution in [1.29, 1.82) is 0 Å². The van der Waals surface area contributed by atoms with Crippen LogP contribution in [0.3, 0.4) is 0 Å². The van der Waals surface area contributed by atoms with E-state index in [0.29, 0.717) is 0 Å². The van der Waals surface area contributed by atoms with Crippen molar-refractivity contribution in [2.45, 2.75) is 77.0 Å². The van der Waals surface area contributed by atoms with Gasteiger partial charge in [-0.2, -0.15) is 0 Å². The first-order valence-electron chi connectivity index (χ1n) is 11.0. The number of benzene rings is 1. The van der Waals surface area contributed by atoms with Crippen LogP contribution >= 0.6 is 0 Å². The molecule has 0 fully saturated rings. The lowest BCUT2D eigenvalue weighted by Gasteiger charge is -2.36. The Balaban J connectivity index is 2.72. The largest absolute Gasteiger partial charge is 0.467 e. The van der Waals surface area contributed by atoms with Crippen LogP contribution in [0.4, 0.5) is 4.79 Å². The van der Waals surface area contributed by atoms with Gasteiger partial charge in [0.1, 0.15) is 18.7 Å². The number of amides is 2. The molecular weight excluding hydrogens is 444 g/mol. The molecule has 0 saturated heterocycles. The molecule has 10 heteroatoms. The maximum absolute atomic E-state index is 12.8. The van der Waals surface area contributed by atoms with Gasteiger partial charge in [-0.25, -0.2) is 9.59 Å². The molecule has 0 radical (unpaired) electrons. The normalized spacial score (nSPS) is 14.5. The van der Waals surface area contributed by atoms with E-state index in [1.165, 1.54) is 14.0 Å². The number of methoxy groups -OCH3 is 1. The van der Waals surface area contributed by atoms with Crippen LogP contribution < -0.4 is 10.6 Å². The third-order valence-corrected chi connectivity index (χ3v) is 10.3. The van der Waals surface area contributed by atoms with E-state index in [1.54, 1.807) is 12.1 Å². The summed E-state index contributed by atoms with van der Waals surface area (Å²) in [6.07, 6.45) is -1.90. The number of alkyl carbamates (subject to hydrolysis) is 1. The summed E-state index contributed by atoms with van der Waals surface area (Å²) < 4.78 is 16.0. The van der Waals surface area contributed by atoms with Gasteiger partial charge < -0.3 is 29.6 Å². The zero-order valence-electron chi connectivity index (χ0n) is 20.6. The van der Waals surface area contributed by atoms with Gasteiger partial charge in [0.15, 0.2) is 8.32 Å². The summed E-state index contributed by atoms with van der Waals surface area (Å²) in [6.45, 7) is 12.1. The van der Waals surface area contributed by atoms with Crippen LogP contribution in [-0.4, -0.2) is 63.3 Å². The number of ether oxygens (including phenoxy) is 2. The molecule has 0 spiro atoms. The van der Waals surface area contributed by atoms with Crippen molar-refractivity contribution < 1.29 is 33.4 Å². The molecule has 9 nitrogen and oxygen atoms in total. The first kappa shape index (κ1) is 28.6. The Morgan fingerprint density at radius 3 is 2.21 bits per heavy atom. The highest BCUT2D eigenvalue weighted by atomic mass is 28.4. The molecule has 3 atom stereocenters. The van der Waals surface area contributed by atoms with Crippen molar-refractivity contribution in [3.63, 3.8) is 0 Å². The third-order valence-electron chi connectivity index (χ3n) is 5.73. The number of aliphatic hydroxyl groups excluding tert-OH is 1. The van der Waals surface area contributed by atoms with Gasteiger partial charge in [-0.05, 0) is 30.6 Å². The number of hydrogen-bond acceptors (Lipinski definition) is 7. The summed E-state index contributed by atoms with van der Waals surface area (Å²) >= 11 is 0. The van der Waals surface area contributed by atoms with Crippen LogP contribution in [0.5, 0.6) is 0 Å². The second-order valence-corrected chi connectivity index (χ2v) is 14.2. The lowest BCUT2D eigenvalue weighted by atomic mass is 10.1. The van der Waals surface area contributed by atoms with Crippen LogP contribution in [-0.2, 0) is 30.1 Å². The van der Waals surface area contributed by atoms with E-state index < -0.39 is 44.5 Å². The van der Waals surface area contributed by atoms with Crippen molar-refractivity contribution in [2.75, 3.05) is 13.7 Å². The first-order chi connectivity index (χ1) is 15.3. The second kappa shape index (κ2) is 12.7. The first-order valence-corrected chi connectivity index (χ1v) is 13.9. The van der Waals surface area contributed by atoms with Gasteiger partial charge in [0.05, 0.1) is 13.2 Å².